The molecule has 0 unspecified atom stereocenters. The summed E-state index contributed by atoms with van der Waals surface area (Å²) in [6.07, 6.45) is 2.46. The maximum Gasteiger partial charge on any atom is 0.0351 e. The van der Waals surface area contributed by atoms with Crippen LogP contribution in [0.15, 0.2) is 0 Å². The normalized spacial score (nSPS) is 11.5. The molecule has 80 valence electrons. The van der Waals surface area contributed by atoms with Gasteiger partial charge in [0.05, 0.1) is 0 Å². The van der Waals surface area contributed by atoms with Gasteiger partial charge in [-0.3, -0.25) is 0 Å². The molecule has 0 spiro atoms. The van der Waals surface area contributed by atoms with Gasteiger partial charge in [0.15, 0.2) is 0 Å². The number of alkyl halides is 1. The van der Waals surface area contributed by atoms with Gasteiger partial charge in [0, 0.05) is 12.4 Å². The molecular weight excluding hydrogens is 184 g/mol. The van der Waals surface area contributed by atoms with E-state index in [4.69, 9.17) is 11.6 Å². The average molecular weight is 207 g/mol. The first-order valence-corrected chi connectivity index (χ1v) is 5.67. The van der Waals surface area contributed by atoms with Crippen molar-refractivity contribution in [2.24, 2.45) is 0 Å². The van der Waals surface area contributed by atoms with Crippen molar-refractivity contribution in [2.45, 2.75) is 19.8 Å². The van der Waals surface area contributed by atoms with E-state index in [1.165, 1.54) is 32.5 Å². The topological polar surface area (TPSA) is 6.48 Å². The fourth-order valence-corrected chi connectivity index (χ4v) is 1.62. The summed E-state index contributed by atoms with van der Waals surface area (Å²) in [5.41, 5.74) is 0. The Balaban J connectivity index is 3.44. The Morgan fingerprint density at radius 1 is 1.00 bits per heavy atom. The second kappa shape index (κ2) is 8.79. The summed E-state index contributed by atoms with van der Waals surface area (Å²) in [6.45, 7) is 6.78. The zero-order valence-electron chi connectivity index (χ0n) is 9.22. The van der Waals surface area contributed by atoms with Gasteiger partial charge in [-0.1, -0.05) is 6.92 Å². The van der Waals surface area contributed by atoms with Crippen LogP contribution in [0.5, 0.6) is 0 Å². The molecule has 0 aromatic rings. The van der Waals surface area contributed by atoms with E-state index in [1.54, 1.807) is 0 Å². The Hall–Kier alpha value is 0.210. The molecule has 0 amide bonds. The molecule has 0 aromatic heterocycles. The van der Waals surface area contributed by atoms with E-state index in [-0.39, 0.29) is 0 Å². The van der Waals surface area contributed by atoms with Crippen molar-refractivity contribution >= 4 is 11.6 Å². The highest BCUT2D eigenvalue weighted by Gasteiger charge is 2.02. The van der Waals surface area contributed by atoms with Gasteiger partial charge in [0.25, 0.3) is 0 Å². The van der Waals surface area contributed by atoms with Gasteiger partial charge >= 0.3 is 0 Å². The molecule has 0 aliphatic rings. The number of hydrogen-bond donors (Lipinski definition) is 0. The molecule has 3 heteroatoms. The highest BCUT2D eigenvalue weighted by Crippen LogP contribution is 1.95. The van der Waals surface area contributed by atoms with Crippen LogP contribution >= 0.6 is 11.6 Å². The van der Waals surface area contributed by atoms with Crippen LogP contribution in [0.1, 0.15) is 19.8 Å². The molecule has 0 aliphatic heterocycles. The maximum absolute atomic E-state index is 5.72. The summed E-state index contributed by atoms with van der Waals surface area (Å²) in [5, 5.41) is 0. The minimum atomic E-state index is 0.752. The number of nitrogens with zero attached hydrogens (tertiary/aromatic N) is 2. The van der Waals surface area contributed by atoms with Gasteiger partial charge in [0.1, 0.15) is 0 Å². The highest BCUT2D eigenvalue weighted by atomic mass is 35.5. The predicted octanol–water partition coefficient (Wildman–Crippen LogP) is 1.89. The third-order valence-corrected chi connectivity index (χ3v) is 2.19. The molecule has 0 fully saturated rings. The third-order valence-electron chi connectivity index (χ3n) is 2.02. The van der Waals surface area contributed by atoms with E-state index in [1.807, 2.05) is 0 Å². The Morgan fingerprint density at radius 2 is 1.69 bits per heavy atom. The minimum Gasteiger partial charge on any atom is -0.309 e. The first-order valence-electron chi connectivity index (χ1n) is 5.13. The Morgan fingerprint density at radius 3 is 2.15 bits per heavy atom. The third kappa shape index (κ3) is 8.54. The van der Waals surface area contributed by atoms with Crippen molar-refractivity contribution in [1.82, 2.24) is 9.80 Å². The van der Waals surface area contributed by atoms with Gasteiger partial charge < -0.3 is 9.80 Å². The van der Waals surface area contributed by atoms with Crippen molar-refractivity contribution < 1.29 is 0 Å². The van der Waals surface area contributed by atoms with Gasteiger partial charge in [-0.15, -0.1) is 11.6 Å². The standard InChI is InChI=1S/C10H23ClN2/c1-4-7-13(10-6-11)9-5-8-12(2)3/h4-10H2,1-3H3. The quantitative estimate of drug-likeness (QED) is 0.560. The smallest absolute Gasteiger partial charge is 0.0351 e. The second-order valence-electron chi connectivity index (χ2n) is 3.69. The molecule has 0 bridgehead atoms. The van der Waals surface area contributed by atoms with E-state index in [0.29, 0.717) is 0 Å². The second-order valence-corrected chi connectivity index (χ2v) is 4.07. The molecule has 0 saturated carbocycles. The summed E-state index contributed by atoms with van der Waals surface area (Å²) < 4.78 is 0. The number of hydrogen-bond acceptors (Lipinski definition) is 2. The lowest BCUT2D eigenvalue weighted by Gasteiger charge is -2.21. The molecule has 13 heavy (non-hydrogen) atoms. The fourth-order valence-electron chi connectivity index (χ4n) is 1.38. The van der Waals surface area contributed by atoms with Crippen LogP contribution in [0.4, 0.5) is 0 Å². The summed E-state index contributed by atoms with van der Waals surface area (Å²) >= 11 is 5.72. The average Bonchev–Trinajstić information content (AvgIpc) is 2.04. The maximum atomic E-state index is 5.72. The molecule has 2 nitrogen and oxygen atoms in total. The number of rotatable bonds is 8. The highest BCUT2D eigenvalue weighted by molar-refractivity contribution is 6.18. The Kier molecular flexibility index (Phi) is 8.93. The fraction of sp³-hybridized carbons (Fsp3) is 1.00. The van der Waals surface area contributed by atoms with Crippen LogP contribution in [-0.4, -0.2) is 56.0 Å². The molecule has 0 aromatic carbocycles. The van der Waals surface area contributed by atoms with E-state index in [9.17, 15) is 0 Å². The lowest BCUT2D eigenvalue weighted by atomic mass is 10.3. The van der Waals surface area contributed by atoms with Crippen LogP contribution in [0.25, 0.3) is 0 Å². The lowest BCUT2D eigenvalue weighted by molar-refractivity contribution is 0.268. The van der Waals surface area contributed by atoms with E-state index < -0.39 is 0 Å². The first kappa shape index (κ1) is 13.2. The molecule has 0 atom stereocenters. The molecular formula is C10H23ClN2. The molecule has 0 N–H and O–H groups in total. The van der Waals surface area contributed by atoms with Crippen LogP contribution in [0, 0.1) is 0 Å². The predicted molar refractivity (Wildman–Crippen MR) is 60.6 cm³/mol. The lowest BCUT2D eigenvalue weighted by Crippen LogP contribution is -2.29. The van der Waals surface area contributed by atoms with Gasteiger partial charge in [0.2, 0.25) is 0 Å². The summed E-state index contributed by atoms with van der Waals surface area (Å²) in [7, 11) is 4.23. The molecule has 0 aliphatic carbocycles. The number of halogens is 1. The van der Waals surface area contributed by atoms with Gasteiger partial charge in [-0.25, -0.2) is 0 Å². The largest absolute Gasteiger partial charge is 0.309 e. The molecule has 0 rings (SSSR count). The molecule has 0 saturated heterocycles. The van der Waals surface area contributed by atoms with Crippen LogP contribution in [-0.2, 0) is 0 Å². The van der Waals surface area contributed by atoms with E-state index in [2.05, 4.69) is 30.8 Å². The van der Waals surface area contributed by atoms with Gasteiger partial charge in [-0.05, 0) is 46.6 Å². The van der Waals surface area contributed by atoms with Crippen LogP contribution in [0.2, 0.25) is 0 Å². The van der Waals surface area contributed by atoms with Crippen molar-refractivity contribution in [3.8, 4) is 0 Å². The van der Waals surface area contributed by atoms with Crippen molar-refractivity contribution in [2.75, 3.05) is 46.2 Å². The van der Waals surface area contributed by atoms with Crippen LogP contribution < -0.4 is 0 Å². The summed E-state index contributed by atoms with van der Waals surface area (Å²) in [4.78, 5) is 4.67. The Labute approximate surface area is 87.8 Å². The summed E-state index contributed by atoms with van der Waals surface area (Å²) in [6, 6.07) is 0. The molecule has 0 radical (unpaired) electrons. The van der Waals surface area contributed by atoms with E-state index in [0.717, 1.165) is 12.4 Å². The summed E-state index contributed by atoms with van der Waals surface area (Å²) in [5.74, 6) is 0.752. The SMILES string of the molecule is CCCN(CCCl)CCCN(C)C. The molecule has 0 heterocycles. The Bertz CT molecular complexity index is 101. The monoisotopic (exact) mass is 206 g/mol. The van der Waals surface area contributed by atoms with Crippen molar-refractivity contribution in [1.29, 1.82) is 0 Å². The minimum absolute atomic E-state index is 0.752. The first-order chi connectivity index (χ1) is 6.20. The van der Waals surface area contributed by atoms with Crippen LogP contribution in [0.3, 0.4) is 0 Å². The zero-order chi connectivity index (χ0) is 10.1. The zero-order valence-corrected chi connectivity index (χ0v) is 9.98. The van der Waals surface area contributed by atoms with Gasteiger partial charge in [-0.2, -0.15) is 0 Å². The van der Waals surface area contributed by atoms with E-state index >= 15 is 0 Å². The van der Waals surface area contributed by atoms with Crippen molar-refractivity contribution in [3.05, 3.63) is 0 Å². The van der Waals surface area contributed by atoms with Crippen molar-refractivity contribution in [3.63, 3.8) is 0 Å².